The average Bonchev–Trinajstić information content (AvgIpc) is 3.01. The molecule has 8 heteroatoms. The molecule has 1 saturated heterocycles. The molecule has 2 heterocycles. The first kappa shape index (κ1) is 17.8. The minimum Gasteiger partial charge on any atom is -0.469 e. The predicted octanol–water partition coefficient (Wildman–Crippen LogP) is 1.01. The molecule has 0 atom stereocenters. The highest BCUT2D eigenvalue weighted by atomic mass is 16.6. The van der Waals surface area contributed by atoms with Crippen molar-refractivity contribution in [1.82, 2.24) is 15.1 Å². The second-order valence-electron chi connectivity index (χ2n) is 5.46. The quantitative estimate of drug-likeness (QED) is 0.866. The molecule has 1 N–H and O–H groups in total. The van der Waals surface area contributed by atoms with Crippen LogP contribution in [0.5, 0.6) is 0 Å². The number of nitrogens with zero attached hydrogens (tertiary/aromatic N) is 2. The van der Waals surface area contributed by atoms with E-state index < -0.39 is 0 Å². The topological polar surface area (TPSA) is 92.1 Å². The van der Waals surface area contributed by atoms with Gasteiger partial charge in [-0.3, -0.25) is 9.59 Å². The van der Waals surface area contributed by atoms with Crippen LogP contribution in [0.4, 0.5) is 4.79 Å². The van der Waals surface area contributed by atoms with Gasteiger partial charge in [0.2, 0.25) is 5.91 Å². The summed E-state index contributed by atoms with van der Waals surface area (Å²) in [5.41, 5.74) is 0.477. The van der Waals surface area contributed by atoms with Crippen LogP contribution in [0.2, 0.25) is 0 Å². The molecule has 8 nitrogen and oxygen atoms in total. The maximum Gasteiger partial charge on any atom is 0.409 e. The molecule has 1 aromatic heterocycles. The zero-order valence-corrected chi connectivity index (χ0v) is 14.0. The molecule has 0 aromatic carbocycles. The van der Waals surface area contributed by atoms with E-state index in [4.69, 9.17) is 9.15 Å². The summed E-state index contributed by atoms with van der Waals surface area (Å²) >= 11 is 0. The number of amides is 3. The lowest BCUT2D eigenvalue weighted by molar-refractivity contribution is -0.132. The van der Waals surface area contributed by atoms with E-state index in [1.807, 2.05) is 0 Å². The number of furan rings is 1. The Bertz CT molecular complexity index is 590. The van der Waals surface area contributed by atoms with E-state index in [2.05, 4.69) is 5.32 Å². The van der Waals surface area contributed by atoms with Crippen LogP contribution in [0, 0.1) is 6.92 Å². The first-order valence-electron chi connectivity index (χ1n) is 8.04. The molecule has 1 fully saturated rings. The number of hydrogen-bond acceptors (Lipinski definition) is 5. The van der Waals surface area contributed by atoms with Gasteiger partial charge in [-0.2, -0.15) is 0 Å². The summed E-state index contributed by atoms with van der Waals surface area (Å²) < 4.78 is 10.0. The summed E-state index contributed by atoms with van der Waals surface area (Å²) in [5, 5.41) is 2.71. The Labute approximate surface area is 140 Å². The molecule has 3 amide bonds. The number of hydrogen-bond donors (Lipinski definition) is 1. The Hall–Kier alpha value is -2.51. The Morgan fingerprint density at radius 2 is 1.88 bits per heavy atom. The summed E-state index contributed by atoms with van der Waals surface area (Å²) in [6.07, 6.45) is 1.34. The Balaban J connectivity index is 1.69. The fraction of sp³-hybridized carbons (Fsp3) is 0.562. The van der Waals surface area contributed by atoms with Crippen LogP contribution < -0.4 is 5.32 Å². The highest BCUT2D eigenvalue weighted by Gasteiger charge is 2.24. The van der Waals surface area contributed by atoms with Gasteiger partial charge in [-0.1, -0.05) is 0 Å². The summed E-state index contributed by atoms with van der Waals surface area (Å²) in [5.74, 6) is 0.262. The molecule has 2 rings (SSSR count). The second-order valence-corrected chi connectivity index (χ2v) is 5.46. The maximum absolute atomic E-state index is 12.2. The molecular weight excluding hydrogens is 314 g/mol. The summed E-state index contributed by atoms with van der Waals surface area (Å²) in [7, 11) is 0. The van der Waals surface area contributed by atoms with Gasteiger partial charge in [0.1, 0.15) is 5.76 Å². The molecule has 0 spiro atoms. The van der Waals surface area contributed by atoms with Crippen molar-refractivity contribution in [1.29, 1.82) is 0 Å². The largest absolute Gasteiger partial charge is 0.469 e. The SMILES string of the molecule is CCOC(=O)N1CCN(C(=O)CCNC(=O)c2ccoc2C)CC1. The van der Waals surface area contributed by atoms with Crippen LogP contribution in [0.1, 0.15) is 29.5 Å². The minimum absolute atomic E-state index is 0.0391. The van der Waals surface area contributed by atoms with E-state index in [1.54, 1.807) is 29.7 Å². The molecule has 0 saturated carbocycles. The number of ether oxygens (including phenoxy) is 1. The molecule has 132 valence electrons. The predicted molar refractivity (Wildman–Crippen MR) is 85.6 cm³/mol. The van der Waals surface area contributed by atoms with E-state index in [9.17, 15) is 14.4 Å². The second kappa shape index (κ2) is 8.37. The standard InChI is InChI=1S/C16H23N3O5/c1-3-23-16(22)19-9-7-18(8-10-19)14(20)4-6-17-15(21)13-5-11-24-12(13)2/h5,11H,3-4,6-10H2,1-2H3,(H,17,21). The van der Waals surface area contributed by atoms with Gasteiger partial charge in [0.25, 0.3) is 5.91 Å². The molecule has 0 radical (unpaired) electrons. The van der Waals surface area contributed by atoms with Crippen LogP contribution in [0.25, 0.3) is 0 Å². The molecule has 0 unspecified atom stereocenters. The van der Waals surface area contributed by atoms with Gasteiger partial charge in [-0.15, -0.1) is 0 Å². The number of rotatable bonds is 5. The first-order chi connectivity index (χ1) is 11.5. The number of nitrogens with one attached hydrogen (secondary N) is 1. The van der Waals surface area contributed by atoms with Crippen molar-refractivity contribution in [3.63, 3.8) is 0 Å². The van der Waals surface area contributed by atoms with Crippen molar-refractivity contribution in [3.05, 3.63) is 23.7 Å². The van der Waals surface area contributed by atoms with Crippen molar-refractivity contribution < 1.29 is 23.5 Å². The van der Waals surface area contributed by atoms with Gasteiger partial charge in [0.05, 0.1) is 18.4 Å². The molecule has 1 aliphatic rings. The summed E-state index contributed by atoms with van der Waals surface area (Å²) in [6.45, 7) is 5.96. The minimum atomic E-state index is -0.340. The normalized spacial score (nSPS) is 14.4. The molecule has 0 aliphatic carbocycles. The number of carbonyl (C=O) groups excluding carboxylic acids is 3. The lowest BCUT2D eigenvalue weighted by atomic mass is 10.2. The van der Waals surface area contributed by atoms with Gasteiger partial charge >= 0.3 is 6.09 Å². The van der Waals surface area contributed by atoms with Crippen molar-refractivity contribution in [2.75, 3.05) is 39.3 Å². The van der Waals surface area contributed by atoms with Crippen molar-refractivity contribution in [2.24, 2.45) is 0 Å². The van der Waals surface area contributed by atoms with Crippen LogP contribution >= 0.6 is 0 Å². The fourth-order valence-electron chi connectivity index (χ4n) is 2.51. The van der Waals surface area contributed by atoms with Gasteiger partial charge in [0.15, 0.2) is 0 Å². The van der Waals surface area contributed by atoms with E-state index in [-0.39, 0.29) is 30.9 Å². The summed E-state index contributed by atoms with van der Waals surface area (Å²) in [6, 6.07) is 1.60. The van der Waals surface area contributed by atoms with Gasteiger partial charge in [-0.25, -0.2) is 4.79 Å². The van der Waals surface area contributed by atoms with E-state index in [1.165, 1.54) is 6.26 Å². The molecule has 0 bridgehead atoms. The molecular formula is C16H23N3O5. The van der Waals surface area contributed by atoms with E-state index in [0.29, 0.717) is 44.1 Å². The van der Waals surface area contributed by atoms with Crippen molar-refractivity contribution in [3.8, 4) is 0 Å². The van der Waals surface area contributed by atoms with Gasteiger partial charge in [-0.05, 0) is 19.9 Å². The number of piperazine rings is 1. The molecule has 1 aromatic rings. The van der Waals surface area contributed by atoms with E-state index >= 15 is 0 Å². The highest BCUT2D eigenvalue weighted by molar-refractivity contribution is 5.95. The van der Waals surface area contributed by atoms with Crippen LogP contribution in [0.3, 0.4) is 0 Å². The molecule has 24 heavy (non-hydrogen) atoms. The third-order valence-corrected chi connectivity index (χ3v) is 3.89. The van der Waals surface area contributed by atoms with Crippen molar-refractivity contribution in [2.45, 2.75) is 20.3 Å². The zero-order chi connectivity index (χ0) is 17.5. The Morgan fingerprint density at radius 3 is 2.46 bits per heavy atom. The summed E-state index contributed by atoms with van der Waals surface area (Å²) in [4.78, 5) is 39.0. The third-order valence-electron chi connectivity index (χ3n) is 3.89. The smallest absolute Gasteiger partial charge is 0.409 e. The monoisotopic (exact) mass is 337 g/mol. The lowest BCUT2D eigenvalue weighted by Crippen LogP contribution is -2.51. The Morgan fingerprint density at radius 1 is 1.21 bits per heavy atom. The van der Waals surface area contributed by atoms with Gasteiger partial charge in [0, 0.05) is 39.1 Å². The van der Waals surface area contributed by atoms with Crippen molar-refractivity contribution >= 4 is 17.9 Å². The maximum atomic E-state index is 12.2. The van der Waals surface area contributed by atoms with Crippen LogP contribution in [-0.4, -0.2) is 67.0 Å². The Kier molecular flexibility index (Phi) is 6.22. The highest BCUT2D eigenvalue weighted by Crippen LogP contribution is 2.08. The number of aryl methyl sites for hydroxylation is 1. The zero-order valence-electron chi connectivity index (χ0n) is 14.0. The van der Waals surface area contributed by atoms with Crippen LogP contribution in [0.15, 0.2) is 16.7 Å². The van der Waals surface area contributed by atoms with Crippen LogP contribution in [-0.2, 0) is 9.53 Å². The van der Waals surface area contributed by atoms with E-state index in [0.717, 1.165) is 0 Å². The molecule has 1 aliphatic heterocycles. The first-order valence-corrected chi connectivity index (χ1v) is 8.04. The third kappa shape index (κ3) is 4.50. The van der Waals surface area contributed by atoms with Gasteiger partial charge < -0.3 is 24.3 Å². The number of carbonyl (C=O) groups is 3. The fourth-order valence-corrected chi connectivity index (χ4v) is 2.51. The average molecular weight is 337 g/mol. The lowest BCUT2D eigenvalue weighted by Gasteiger charge is -2.34.